The van der Waals surface area contributed by atoms with Crippen molar-refractivity contribution in [1.82, 2.24) is 10.2 Å². The Morgan fingerprint density at radius 3 is 2.00 bits per heavy atom. The van der Waals surface area contributed by atoms with Gasteiger partial charge in [-0.3, -0.25) is 4.90 Å². The fourth-order valence-corrected chi connectivity index (χ4v) is 2.57. The van der Waals surface area contributed by atoms with Gasteiger partial charge in [0.2, 0.25) is 0 Å². The zero-order valence-corrected chi connectivity index (χ0v) is 13.4. The lowest BCUT2D eigenvalue weighted by Crippen LogP contribution is -2.54. The minimum absolute atomic E-state index is 0.212. The molecule has 0 aliphatic heterocycles. The van der Waals surface area contributed by atoms with Crippen molar-refractivity contribution in [2.75, 3.05) is 47.1 Å². The van der Waals surface area contributed by atoms with Gasteiger partial charge < -0.3 is 14.8 Å². The molecule has 0 radical (unpaired) electrons. The van der Waals surface area contributed by atoms with E-state index < -0.39 is 0 Å². The molecule has 0 spiro atoms. The summed E-state index contributed by atoms with van der Waals surface area (Å²) in [6.07, 6.45) is 2.65. The molecule has 4 heteroatoms. The van der Waals surface area contributed by atoms with Gasteiger partial charge in [0.1, 0.15) is 0 Å². The van der Waals surface area contributed by atoms with Crippen LogP contribution in [-0.4, -0.2) is 63.5 Å². The van der Waals surface area contributed by atoms with E-state index in [9.17, 15) is 0 Å². The molecular formula is C15H32N2O2. The molecule has 0 heterocycles. The van der Waals surface area contributed by atoms with Gasteiger partial charge in [-0.15, -0.1) is 0 Å². The standard InChI is InChI=1S/C15H32N2O2/c1-15(2,3)16-12-13-6-7-14(13)17(8-10-18-4)9-11-19-5/h13-14,16H,6-12H2,1-5H3. The Morgan fingerprint density at radius 1 is 1.05 bits per heavy atom. The number of hydrogen-bond donors (Lipinski definition) is 1. The van der Waals surface area contributed by atoms with Crippen molar-refractivity contribution >= 4 is 0 Å². The van der Waals surface area contributed by atoms with Crippen molar-refractivity contribution in [3.63, 3.8) is 0 Å². The summed E-state index contributed by atoms with van der Waals surface area (Å²) in [5.74, 6) is 0.771. The van der Waals surface area contributed by atoms with Gasteiger partial charge in [0.15, 0.2) is 0 Å². The number of methoxy groups -OCH3 is 2. The van der Waals surface area contributed by atoms with Gasteiger partial charge in [0, 0.05) is 38.9 Å². The average Bonchev–Trinajstić information content (AvgIpc) is 2.29. The Kier molecular flexibility index (Phi) is 7.29. The van der Waals surface area contributed by atoms with E-state index >= 15 is 0 Å². The van der Waals surface area contributed by atoms with Gasteiger partial charge in [0.25, 0.3) is 0 Å². The Morgan fingerprint density at radius 2 is 1.63 bits per heavy atom. The predicted octanol–water partition coefficient (Wildman–Crippen LogP) is 1.75. The largest absolute Gasteiger partial charge is 0.383 e. The van der Waals surface area contributed by atoms with E-state index in [1.165, 1.54) is 12.8 Å². The minimum atomic E-state index is 0.212. The lowest BCUT2D eigenvalue weighted by Gasteiger charge is -2.45. The van der Waals surface area contributed by atoms with E-state index in [1.54, 1.807) is 14.2 Å². The topological polar surface area (TPSA) is 33.7 Å². The highest BCUT2D eigenvalue weighted by Crippen LogP contribution is 2.31. The normalized spacial score (nSPS) is 23.7. The van der Waals surface area contributed by atoms with Gasteiger partial charge in [-0.2, -0.15) is 0 Å². The minimum Gasteiger partial charge on any atom is -0.383 e. The van der Waals surface area contributed by atoms with Crippen molar-refractivity contribution in [2.24, 2.45) is 5.92 Å². The Balaban J connectivity index is 2.39. The molecule has 19 heavy (non-hydrogen) atoms. The van der Waals surface area contributed by atoms with Gasteiger partial charge in [-0.25, -0.2) is 0 Å². The molecule has 0 saturated heterocycles. The SMILES string of the molecule is COCCN(CCOC)C1CCC1CNC(C)(C)C. The van der Waals surface area contributed by atoms with Crippen LogP contribution < -0.4 is 5.32 Å². The van der Waals surface area contributed by atoms with Crippen LogP contribution in [-0.2, 0) is 9.47 Å². The number of ether oxygens (including phenoxy) is 2. The highest BCUT2D eigenvalue weighted by atomic mass is 16.5. The molecule has 0 aromatic carbocycles. The number of nitrogens with zero attached hydrogens (tertiary/aromatic N) is 1. The van der Waals surface area contributed by atoms with Crippen LogP contribution in [0.4, 0.5) is 0 Å². The summed E-state index contributed by atoms with van der Waals surface area (Å²) in [6, 6.07) is 0.695. The van der Waals surface area contributed by atoms with Crippen molar-refractivity contribution in [3.8, 4) is 0 Å². The molecule has 2 atom stereocenters. The molecule has 1 fully saturated rings. The molecule has 1 aliphatic rings. The van der Waals surface area contributed by atoms with E-state index in [4.69, 9.17) is 9.47 Å². The van der Waals surface area contributed by atoms with Crippen molar-refractivity contribution in [1.29, 1.82) is 0 Å². The second-order valence-corrected chi connectivity index (χ2v) is 6.56. The summed E-state index contributed by atoms with van der Waals surface area (Å²) < 4.78 is 10.4. The highest BCUT2D eigenvalue weighted by molar-refractivity contribution is 4.91. The van der Waals surface area contributed by atoms with Crippen LogP contribution in [0.25, 0.3) is 0 Å². The predicted molar refractivity (Wildman–Crippen MR) is 79.6 cm³/mol. The molecule has 2 unspecified atom stereocenters. The third-order valence-electron chi connectivity index (χ3n) is 3.91. The molecular weight excluding hydrogens is 240 g/mol. The van der Waals surface area contributed by atoms with E-state index in [2.05, 4.69) is 31.0 Å². The van der Waals surface area contributed by atoms with E-state index in [0.29, 0.717) is 6.04 Å². The molecule has 114 valence electrons. The summed E-state index contributed by atoms with van der Waals surface area (Å²) in [4.78, 5) is 2.53. The maximum atomic E-state index is 5.22. The first-order valence-corrected chi connectivity index (χ1v) is 7.45. The average molecular weight is 272 g/mol. The third kappa shape index (κ3) is 6.21. The van der Waals surface area contributed by atoms with Crippen LogP contribution in [0.1, 0.15) is 33.6 Å². The molecule has 0 aromatic rings. The second kappa shape index (κ2) is 8.20. The zero-order chi connectivity index (χ0) is 14.3. The first kappa shape index (κ1) is 16.9. The fourth-order valence-electron chi connectivity index (χ4n) is 2.57. The van der Waals surface area contributed by atoms with Crippen LogP contribution in [0.15, 0.2) is 0 Å². The second-order valence-electron chi connectivity index (χ2n) is 6.56. The maximum Gasteiger partial charge on any atom is 0.0589 e. The molecule has 0 amide bonds. The summed E-state index contributed by atoms with van der Waals surface area (Å²) in [5.41, 5.74) is 0.212. The Bertz CT molecular complexity index is 233. The molecule has 1 N–H and O–H groups in total. The van der Waals surface area contributed by atoms with Crippen molar-refractivity contribution < 1.29 is 9.47 Å². The number of hydrogen-bond acceptors (Lipinski definition) is 4. The van der Waals surface area contributed by atoms with E-state index in [1.807, 2.05) is 0 Å². The molecule has 1 rings (SSSR count). The first-order chi connectivity index (χ1) is 8.98. The number of rotatable bonds is 9. The molecule has 4 nitrogen and oxygen atoms in total. The lowest BCUT2D eigenvalue weighted by atomic mass is 9.78. The monoisotopic (exact) mass is 272 g/mol. The highest BCUT2D eigenvalue weighted by Gasteiger charge is 2.35. The van der Waals surface area contributed by atoms with Crippen LogP contribution in [0.5, 0.6) is 0 Å². The fraction of sp³-hybridized carbons (Fsp3) is 1.00. The van der Waals surface area contributed by atoms with Gasteiger partial charge in [-0.05, 0) is 46.1 Å². The summed E-state index contributed by atoms with van der Waals surface area (Å²) >= 11 is 0. The third-order valence-corrected chi connectivity index (χ3v) is 3.91. The van der Waals surface area contributed by atoms with Crippen molar-refractivity contribution in [3.05, 3.63) is 0 Å². The van der Waals surface area contributed by atoms with Crippen LogP contribution in [0, 0.1) is 5.92 Å². The first-order valence-electron chi connectivity index (χ1n) is 7.45. The van der Waals surface area contributed by atoms with Crippen LogP contribution in [0.3, 0.4) is 0 Å². The summed E-state index contributed by atoms with van der Waals surface area (Å²) in [6.45, 7) is 11.4. The molecule has 0 aromatic heterocycles. The molecule has 0 bridgehead atoms. The summed E-state index contributed by atoms with van der Waals surface area (Å²) in [5, 5.41) is 3.63. The lowest BCUT2D eigenvalue weighted by molar-refractivity contribution is 0.0209. The van der Waals surface area contributed by atoms with E-state index in [-0.39, 0.29) is 5.54 Å². The maximum absolute atomic E-state index is 5.22. The smallest absolute Gasteiger partial charge is 0.0589 e. The van der Waals surface area contributed by atoms with Crippen LogP contribution >= 0.6 is 0 Å². The summed E-state index contributed by atoms with van der Waals surface area (Å²) in [7, 11) is 3.54. The Hall–Kier alpha value is -0.160. The van der Waals surface area contributed by atoms with E-state index in [0.717, 1.165) is 38.8 Å². The quantitative estimate of drug-likeness (QED) is 0.693. The van der Waals surface area contributed by atoms with Crippen molar-refractivity contribution in [2.45, 2.75) is 45.2 Å². The Labute approximate surface area is 118 Å². The number of nitrogens with one attached hydrogen (secondary N) is 1. The van der Waals surface area contributed by atoms with Gasteiger partial charge in [0.05, 0.1) is 13.2 Å². The van der Waals surface area contributed by atoms with Crippen LogP contribution in [0.2, 0.25) is 0 Å². The molecule has 1 saturated carbocycles. The molecule has 1 aliphatic carbocycles. The van der Waals surface area contributed by atoms with Gasteiger partial charge >= 0.3 is 0 Å². The van der Waals surface area contributed by atoms with Gasteiger partial charge in [-0.1, -0.05) is 0 Å². The zero-order valence-electron chi connectivity index (χ0n) is 13.4.